The number of piperidine rings is 1. The minimum absolute atomic E-state index is 0.604. The van der Waals surface area contributed by atoms with Crippen LogP contribution in [0.3, 0.4) is 0 Å². The fourth-order valence-electron chi connectivity index (χ4n) is 3.40. The third-order valence-electron chi connectivity index (χ3n) is 4.64. The molecule has 2 unspecified atom stereocenters. The van der Waals surface area contributed by atoms with Crippen LogP contribution >= 0.6 is 0 Å². The van der Waals surface area contributed by atoms with Gasteiger partial charge in [-0.15, -0.1) is 0 Å². The molecule has 0 aliphatic carbocycles. The van der Waals surface area contributed by atoms with Gasteiger partial charge in [0.15, 0.2) is 0 Å². The predicted octanol–water partition coefficient (Wildman–Crippen LogP) is 3.92. The van der Waals surface area contributed by atoms with E-state index in [2.05, 4.69) is 55.1 Å². The van der Waals surface area contributed by atoms with Crippen LogP contribution < -0.4 is 10.6 Å². The number of fused-ring (bicyclic) bond motifs is 1. The second kappa shape index (κ2) is 5.45. The van der Waals surface area contributed by atoms with Gasteiger partial charge in [0.25, 0.3) is 0 Å². The van der Waals surface area contributed by atoms with Gasteiger partial charge in [-0.3, -0.25) is 0 Å². The summed E-state index contributed by atoms with van der Waals surface area (Å²) in [6.45, 7) is 6.46. The van der Waals surface area contributed by atoms with E-state index in [-0.39, 0.29) is 0 Å². The van der Waals surface area contributed by atoms with E-state index < -0.39 is 0 Å². The Morgan fingerprint density at radius 1 is 1.05 bits per heavy atom. The fourth-order valence-corrected chi connectivity index (χ4v) is 3.40. The van der Waals surface area contributed by atoms with Crippen molar-refractivity contribution in [3.8, 4) is 0 Å². The molecule has 0 amide bonds. The summed E-state index contributed by atoms with van der Waals surface area (Å²) in [5.74, 6) is 0.777. The van der Waals surface area contributed by atoms with Crippen molar-refractivity contribution in [2.75, 3.05) is 11.4 Å². The number of nitrogens with two attached hydrogens (primary N) is 1. The van der Waals surface area contributed by atoms with Crippen molar-refractivity contribution >= 4 is 16.5 Å². The maximum Gasteiger partial charge on any atom is 0.0448 e. The first-order chi connectivity index (χ1) is 9.70. The highest BCUT2D eigenvalue weighted by molar-refractivity contribution is 5.96. The van der Waals surface area contributed by atoms with Crippen molar-refractivity contribution in [2.45, 2.75) is 39.3 Å². The van der Waals surface area contributed by atoms with Crippen LogP contribution in [0.4, 0.5) is 5.69 Å². The Morgan fingerprint density at radius 3 is 2.55 bits per heavy atom. The maximum atomic E-state index is 5.88. The van der Waals surface area contributed by atoms with Crippen molar-refractivity contribution in [3.63, 3.8) is 0 Å². The molecule has 2 aromatic carbocycles. The largest absolute Gasteiger partial charge is 0.368 e. The quantitative estimate of drug-likeness (QED) is 0.894. The lowest BCUT2D eigenvalue weighted by Crippen LogP contribution is -2.41. The molecule has 20 heavy (non-hydrogen) atoms. The van der Waals surface area contributed by atoms with Crippen molar-refractivity contribution in [1.82, 2.24) is 0 Å². The van der Waals surface area contributed by atoms with Crippen LogP contribution in [0, 0.1) is 5.92 Å². The molecule has 1 aliphatic heterocycles. The summed E-state index contributed by atoms with van der Waals surface area (Å²) in [4.78, 5) is 2.58. The minimum atomic E-state index is 0.604. The lowest BCUT2D eigenvalue weighted by Gasteiger charge is -2.39. The van der Waals surface area contributed by atoms with Gasteiger partial charge in [-0.25, -0.2) is 0 Å². The second-order valence-electron chi connectivity index (χ2n) is 6.18. The summed E-state index contributed by atoms with van der Waals surface area (Å²) in [5.41, 5.74) is 8.49. The van der Waals surface area contributed by atoms with Crippen molar-refractivity contribution < 1.29 is 0 Å². The van der Waals surface area contributed by atoms with Crippen LogP contribution in [0.5, 0.6) is 0 Å². The summed E-state index contributed by atoms with van der Waals surface area (Å²) in [6.07, 6.45) is 2.63. The smallest absolute Gasteiger partial charge is 0.0448 e. The highest BCUT2D eigenvalue weighted by Crippen LogP contribution is 2.34. The van der Waals surface area contributed by atoms with E-state index >= 15 is 0 Å². The lowest BCUT2D eigenvalue weighted by atomic mass is 9.93. The molecule has 1 heterocycles. The van der Waals surface area contributed by atoms with Crippen LogP contribution in [0.15, 0.2) is 36.4 Å². The molecule has 0 saturated carbocycles. The van der Waals surface area contributed by atoms with Gasteiger partial charge in [-0.2, -0.15) is 0 Å². The zero-order chi connectivity index (χ0) is 14.1. The van der Waals surface area contributed by atoms with Gasteiger partial charge in [-0.05, 0) is 42.7 Å². The lowest BCUT2D eigenvalue weighted by molar-refractivity contribution is 0.391. The number of benzene rings is 2. The van der Waals surface area contributed by atoms with Gasteiger partial charge >= 0.3 is 0 Å². The standard InChI is InChI=1S/C18H24N2/c1-13-7-8-14(2)20(12-13)18-10-9-15(11-19)16-5-3-4-6-17(16)18/h3-6,9-10,13-14H,7-8,11-12,19H2,1-2H3. The summed E-state index contributed by atoms with van der Waals surface area (Å²) >= 11 is 0. The molecule has 0 spiro atoms. The Hall–Kier alpha value is -1.54. The number of hydrogen-bond donors (Lipinski definition) is 1. The third-order valence-corrected chi connectivity index (χ3v) is 4.64. The Balaban J connectivity index is 2.12. The molecule has 0 bridgehead atoms. The van der Waals surface area contributed by atoms with Gasteiger partial charge in [0.1, 0.15) is 0 Å². The molecular formula is C18H24N2. The average molecular weight is 268 g/mol. The summed E-state index contributed by atoms with van der Waals surface area (Å²) in [7, 11) is 0. The van der Waals surface area contributed by atoms with E-state index in [1.54, 1.807) is 0 Å². The summed E-state index contributed by atoms with van der Waals surface area (Å²) < 4.78 is 0. The molecule has 1 aliphatic rings. The maximum absolute atomic E-state index is 5.88. The van der Waals surface area contributed by atoms with Crippen molar-refractivity contribution in [1.29, 1.82) is 0 Å². The monoisotopic (exact) mass is 268 g/mol. The first-order valence-electron chi connectivity index (χ1n) is 7.68. The van der Waals surface area contributed by atoms with Gasteiger partial charge in [0.05, 0.1) is 0 Å². The molecule has 3 rings (SSSR count). The molecule has 2 atom stereocenters. The molecule has 1 saturated heterocycles. The highest BCUT2D eigenvalue weighted by Gasteiger charge is 2.24. The van der Waals surface area contributed by atoms with E-state index in [1.807, 2.05) is 0 Å². The molecule has 2 N–H and O–H groups in total. The van der Waals surface area contributed by atoms with E-state index in [0.29, 0.717) is 12.6 Å². The Bertz CT molecular complexity index is 605. The minimum Gasteiger partial charge on any atom is -0.368 e. The average Bonchev–Trinajstić information content (AvgIpc) is 2.49. The van der Waals surface area contributed by atoms with E-state index in [4.69, 9.17) is 5.73 Å². The molecule has 0 aromatic heterocycles. The summed E-state index contributed by atoms with van der Waals surface area (Å²) in [6, 6.07) is 13.7. The molecule has 2 nitrogen and oxygen atoms in total. The molecule has 0 radical (unpaired) electrons. The van der Waals surface area contributed by atoms with Crippen LogP contribution in [-0.2, 0) is 6.54 Å². The SMILES string of the molecule is CC1CCC(C)N(c2ccc(CN)c3ccccc23)C1. The van der Waals surface area contributed by atoms with E-state index in [0.717, 1.165) is 12.5 Å². The molecule has 2 heteroatoms. The predicted molar refractivity (Wildman–Crippen MR) is 87.0 cm³/mol. The molecule has 106 valence electrons. The number of hydrogen-bond acceptors (Lipinski definition) is 2. The Kier molecular flexibility index (Phi) is 3.66. The zero-order valence-corrected chi connectivity index (χ0v) is 12.5. The van der Waals surface area contributed by atoms with Crippen LogP contribution in [0.25, 0.3) is 10.8 Å². The fraction of sp³-hybridized carbons (Fsp3) is 0.444. The molecular weight excluding hydrogens is 244 g/mol. The molecule has 2 aromatic rings. The number of rotatable bonds is 2. The number of nitrogens with zero attached hydrogens (tertiary/aromatic N) is 1. The highest BCUT2D eigenvalue weighted by atomic mass is 15.2. The first kappa shape index (κ1) is 13.4. The third kappa shape index (κ3) is 2.29. The zero-order valence-electron chi connectivity index (χ0n) is 12.5. The van der Waals surface area contributed by atoms with Gasteiger partial charge < -0.3 is 10.6 Å². The number of anilines is 1. The summed E-state index contributed by atoms with van der Waals surface area (Å²) in [5, 5.41) is 2.65. The topological polar surface area (TPSA) is 29.3 Å². The Morgan fingerprint density at radius 2 is 1.80 bits per heavy atom. The van der Waals surface area contributed by atoms with E-state index in [9.17, 15) is 0 Å². The second-order valence-corrected chi connectivity index (χ2v) is 6.18. The van der Waals surface area contributed by atoms with Crippen LogP contribution in [-0.4, -0.2) is 12.6 Å². The normalized spacial score (nSPS) is 23.2. The van der Waals surface area contributed by atoms with Crippen molar-refractivity contribution in [2.24, 2.45) is 11.7 Å². The van der Waals surface area contributed by atoms with E-state index in [1.165, 1.54) is 34.9 Å². The van der Waals surface area contributed by atoms with Gasteiger partial charge in [0.2, 0.25) is 0 Å². The Labute approximate surface area is 121 Å². The van der Waals surface area contributed by atoms with Gasteiger partial charge in [-0.1, -0.05) is 37.3 Å². The van der Waals surface area contributed by atoms with Gasteiger partial charge in [0, 0.05) is 30.2 Å². The van der Waals surface area contributed by atoms with Crippen LogP contribution in [0.2, 0.25) is 0 Å². The van der Waals surface area contributed by atoms with Crippen LogP contribution in [0.1, 0.15) is 32.3 Å². The molecule has 1 fully saturated rings. The van der Waals surface area contributed by atoms with Crippen molar-refractivity contribution in [3.05, 3.63) is 42.0 Å². The first-order valence-corrected chi connectivity index (χ1v) is 7.68.